The first-order chi connectivity index (χ1) is 9.89. The van der Waals surface area contributed by atoms with E-state index in [9.17, 15) is 13.2 Å². The summed E-state index contributed by atoms with van der Waals surface area (Å²) in [5, 5.41) is 5.29. The lowest BCUT2D eigenvalue weighted by atomic mass is 10.0. The van der Waals surface area contributed by atoms with Crippen molar-refractivity contribution in [3.05, 3.63) is 49.7 Å². The van der Waals surface area contributed by atoms with E-state index < -0.39 is 6.36 Å². The molecular formula is C14H13F3INOS. The van der Waals surface area contributed by atoms with E-state index in [1.165, 1.54) is 12.1 Å². The molecule has 0 amide bonds. The second-order valence-corrected chi connectivity index (χ2v) is 7.10. The summed E-state index contributed by atoms with van der Waals surface area (Å²) in [6.07, 6.45) is -4.68. The van der Waals surface area contributed by atoms with Gasteiger partial charge in [-0.05, 0) is 63.8 Å². The fraction of sp³-hybridized carbons (Fsp3) is 0.286. The molecule has 1 aromatic heterocycles. The molecule has 7 heteroatoms. The zero-order valence-electron chi connectivity index (χ0n) is 11.1. The average molecular weight is 427 g/mol. The molecule has 2 rings (SSSR count). The molecule has 1 aromatic carbocycles. The Balaban J connectivity index is 2.30. The summed E-state index contributed by atoms with van der Waals surface area (Å²) >= 11 is 3.83. The number of hydrogen-bond donors (Lipinski definition) is 1. The largest absolute Gasteiger partial charge is 0.573 e. The minimum absolute atomic E-state index is 0.147. The van der Waals surface area contributed by atoms with Gasteiger partial charge < -0.3 is 10.1 Å². The Morgan fingerprint density at radius 1 is 1.29 bits per heavy atom. The Morgan fingerprint density at radius 3 is 2.62 bits per heavy atom. The third-order valence-corrected chi connectivity index (χ3v) is 4.56. The van der Waals surface area contributed by atoms with Gasteiger partial charge in [-0.3, -0.25) is 0 Å². The van der Waals surface area contributed by atoms with Gasteiger partial charge in [-0.25, -0.2) is 0 Å². The van der Waals surface area contributed by atoms with E-state index in [2.05, 4.69) is 32.6 Å². The van der Waals surface area contributed by atoms with Crippen molar-refractivity contribution < 1.29 is 17.9 Å². The van der Waals surface area contributed by atoms with Crippen LogP contribution in [0, 0.1) is 2.88 Å². The van der Waals surface area contributed by atoms with Crippen LogP contribution in [-0.2, 0) is 0 Å². The lowest BCUT2D eigenvalue weighted by molar-refractivity contribution is -0.274. The van der Waals surface area contributed by atoms with Crippen molar-refractivity contribution in [1.29, 1.82) is 0 Å². The number of benzene rings is 1. The van der Waals surface area contributed by atoms with Crippen molar-refractivity contribution in [2.75, 3.05) is 6.54 Å². The molecule has 114 valence electrons. The van der Waals surface area contributed by atoms with E-state index in [4.69, 9.17) is 0 Å². The van der Waals surface area contributed by atoms with Crippen molar-refractivity contribution in [2.45, 2.75) is 19.3 Å². The summed E-state index contributed by atoms with van der Waals surface area (Å²) in [5.74, 6) is -0.201. The monoisotopic (exact) mass is 427 g/mol. The van der Waals surface area contributed by atoms with Crippen LogP contribution in [-0.4, -0.2) is 12.9 Å². The van der Waals surface area contributed by atoms with Gasteiger partial charge in [0.1, 0.15) is 5.75 Å². The molecule has 1 N–H and O–H groups in total. The van der Waals surface area contributed by atoms with Gasteiger partial charge in [0.05, 0.1) is 8.93 Å². The zero-order valence-corrected chi connectivity index (χ0v) is 14.1. The molecule has 0 saturated heterocycles. The summed E-state index contributed by atoms with van der Waals surface area (Å²) in [6.45, 7) is 2.67. The van der Waals surface area contributed by atoms with Crippen molar-refractivity contribution in [2.24, 2.45) is 0 Å². The first-order valence-electron chi connectivity index (χ1n) is 6.22. The van der Waals surface area contributed by atoms with E-state index in [1.807, 2.05) is 18.4 Å². The Labute approximate surface area is 138 Å². The van der Waals surface area contributed by atoms with Crippen molar-refractivity contribution in [3.63, 3.8) is 0 Å². The highest BCUT2D eigenvalue weighted by atomic mass is 127. The highest BCUT2D eigenvalue weighted by Crippen LogP contribution is 2.30. The molecule has 21 heavy (non-hydrogen) atoms. The standard InChI is InChI=1S/C14H13F3INOS/c1-2-19-13(10-7-12(18)21-8-10)9-4-3-5-11(6-9)20-14(15,16)17/h3-8,13,19H,2H2,1H3. The fourth-order valence-corrected chi connectivity index (χ4v) is 3.40. The normalized spacial score (nSPS) is 13.2. The van der Waals surface area contributed by atoms with Gasteiger partial charge in [-0.2, -0.15) is 0 Å². The fourth-order valence-electron chi connectivity index (χ4n) is 2.00. The van der Waals surface area contributed by atoms with Crippen LogP contribution < -0.4 is 10.1 Å². The van der Waals surface area contributed by atoms with Gasteiger partial charge in [-0.15, -0.1) is 24.5 Å². The van der Waals surface area contributed by atoms with E-state index in [0.717, 1.165) is 14.0 Å². The molecule has 0 aliphatic heterocycles. The van der Waals surface area contributed by atoms with E-state index >= 15 is 0 Å². The molecule has 1 atom stereocenters. The highest BCUT2D eigenvalue weighted by molar-refractivity contribution is 14.1. The second-order valence-electron chi connectivity index (χ2n) is 4.30. The lowest BCUT2D eigenvalue weighted by Gasteiger charge is -2.18. The number of alkyl halides is 3. The maximum atomic E-state index is 12.3. The molecule has 1 unspecified atom stereocenters. The quantitative estimate of drug-likeness (QED) is 0.682. The smallest absolute Gasteiger partial charge is 0.406 e. The predicted molar refractivity (Wildman–Crippen MR) is 85.7 cm³/mol. The van der Waals surface area contributed by atoms with Gasteiger partial charge in [0.25, 0.3) is 0 Å². The Morgan fingerprint density at radius 2 is 2.05 bits per heavy atom. The van der Waals surface area contributed by atoms with Crippen LogP contribution in [0.2, 0.25) is 0 Å². The number of hydrogen-bond acceptors (Lipinski definition) is 3. The number of thiophene rings is 1. The maximum Gasteiger partial charge on any atom is 0.573 e. The van der Waals surface area contributed by atoms with E-state index in [1.54, 1.807) is 23.5 Å². The molecule has 2 nitrogen and oxygen atoms in total. The van der Waals surface area contributed by atoms with Gasteiger partial charge in [0.2, 0.25) is 0 Å². The molecule has 0 aliphatic carbocycles. The number of halogens is 4. The van der Waals surface area contributed by atoms with Crippen LogP contribution >= 0.6 is 33.9 Å². The molecule has 0 aliphatic rings. The van der Waals surface area contributed by atoms with Crippen molar-refractivity contribution >= 4 is 33.9 Å². The molecular weight excluding hydrogens is 414 g/mol. The van der Waals surface area contributed by atoms with Crippen molar-refractivity contribution in [1.82, 2.24) is 5.32 Å². The topological polar surface area (TPSA) is 21.3 Å². The molecule has 0 saturated carbocycles. The number of ether oxygens (including phenoxy) is 1. The third kappa shape index (κ3) is 4.86. The minimum Gasteiger partial charge on any atom is -0.406 e. The lowest BCUT2D eigenvalue weighted by Crippen LogP contribution is -2.22. The molecule has 0 radical (unpaired) electrons. The third-order valence-electron chi connectivity index (χ3n) is 2.75. The van der Waals surface area contributed by atoms with Gasteiger partial charge in [0.15, 0.2) is 0 Å². The maximum absolute atomic E-state index is 12.3. The molecule has 0 spiro atoms. The highest BCUT2D eigenvalue weighted by Gasteiger charge is 2.31. The second kappa shape index (κ2) is 6.97. The Bertz CT molecular complexity index is 600. The SMILES string of the molecule is CCNC(c1cccc(OC(F)(F)F)c1)c1csc(I)c1. The summed E-state index contributed by atoms with van der Waals surface area (Å²) in [4.78, 5) is 0. The first-order valence-corrected chi connectivity index (χ1v) is 8.18. The summed E-state index contributed by atoms with van der Waals surface area (Å²) < 4.78 is 42.1. The molecule has 0 fully saturated rings. The number of rotatable bonds is 5. The minimum atomic E-state index is -4.68. The Hall–Kier alpha value is -0.800. The molecule has 0 bridgehead atoms. The van der Waals surface area contributed by atoms with Gasteiger partial charge in [0, 0.05) is 0 Å². The van der Waals surface area contributed by atoms with Crippen LogP contribution in [0.25, 0.3) is 0 Å². The number of nitrogens with one attached hydrogen (secondary N) is 1. The summed E-state index contributed by atoms with van der Waals surface area (Å²) in [5.41, 5.74) is 1.78. The Kier molecular flexibility index (Phi) is 5.50. The van der Waals surface area contributed by atoms with Crippen LogP contribution in [0.1, 0.15) is 24.1 Å². The average Bonchev–Trinajstić information content (AvgIpc) is 2.80. The van der Waals surface area contributed by atoms with Crippen LogP contribution in [0.5, 0.6) is 5.75 Å². The van der Waals surface area contributed by atoms with Gasteiger partial charge in [-0.1, -0.05) is 19.1 Å². The van der Waals surface area contributed by atoms with E-state index in [-0.39, 0.29) is 11.8 Å². The predicted octanol–water partition coefficient (Wildman–Crippen LogP) is 4.95. The molecule has 1 heterocycles. The van der Waals surface area contributed by atoms with Crippen LogP contribution in [0.4, 0.5) is 13.2 Å². The van der Waals surface area contributed by atoms with Crippen LogP contribution in [0.15, 0.2) is 35.7 Å². The van der Waals surface area contributed by atoms with E-state index in [0.29, 0.717) is 6.54 Å². The van der Waals surface area contributed by atoms with Crippen LogP contribution in [0.3, 0.4) is 0 Å². The zero-order chi connectivity index (χ0) is 15.5. The summed E-state index contributed by atoms with van der Waals surface area (Å²) in [6, 6.07) is 7.96. The van der Waals surface area contributed by atoms with Gasteiger partial charge >= 0.3 is 6.36 Å². The van der Waals surface area contributed by atoms with Crippen molar-refractivity contribution in [3.8, 4) is 5.75 Å². The summed E-state index contributed by atoms with van der Waals surface area (Å²) in [7, 11) is 0. The molecule has 2 aromatic rings. The first kappa shape index (κ1) is 16.6.